The van der Waals surface area contributed by atoms with Crippen molar-refractivity contribution in [3.05, 3.63) is 58.3 Å². The van der Waals surface area contributed by atoms with Crippen molar-refractivity contribution in [2.45, 2.75) is 26.4 Å². The van der Waals surface area contributed by atoms with E-state index in [0.717, 1.165) is 29.7 Å². The summed E-state index contributed by atoms with van der Waals surface area (Å²) in [6.07, 6.45) is 0.984. The first-order valence-electron chi connectivity index (χ1n) is 9.17. The maximum Gasteiger partial charge on any atom is 0.255 e. The molecule has 27 heavy (non-hydrogen) atoms. The van der Waals surface area contributed by atoms with E-state index in [9.17, 15) is 9.18 Å². The third-order valence-corrected chi connectivity index (χ3v) is 5.07. The van der Waals surface area contributed by atoms with Gasteiger partial charge in [-0.05, 0) is 68.7 Å². The quantitative estimate of drug-likeness (QED) is 0.720. The van der Waals surface area contributed by atoms with Gasteiger partial charge in [-0.2, -0.15) is 0 Å². The molecule has 0 radical (unpaired) electrons. The summed E-state index contributed by atoms with van der Waals surface area (Å²) in [5.41, 5.74) is 1.56. The zero-order valence-electron chi connectivity index (χ0n) is 15.5. The molecule has 0 saturated carbocycles. The standard InChI is InChI=1S/C21H24BrFN2O2/c1-14(2)27-20-11-16(22)3-8-19(20)21(26)24-12-15-9-10-25(13-15)18-6-4-17(23)5-7-18/h3-8,11,14-15H,9-10,12-13H2,1-2H3,(H,24,26). The molecule has 1 heterocycles. The summed E-state index contributed by atoms with van der Waals surface area (Å²) < 4.78 is 19.7. The summed E-state index contributed by atoms with van der Waals surface area (Å²) in [5.74, 6) is 0.592. The van der Waals surface area contributed by atoms with E-state index in [1.807, 2.05) is 26.0 Å². The minimum atomic E-state index is -0.226. The van der Waals surface area contributed by atoms with Gasteiger partial charge in [-0.1, -0.05) is 15.9 Å². The lowest BCUT2D eigenvalue weighted by Crippen LogP contribution is -2.31. The van der Waals surface area contributed by atoms with E-state index in [1.165, 1.54) is 12.1 Å². The lowest BCUT2D eigenvalue weighted by atomic mass is 10.1. The number of hydrogen-bond donors (Lipinski definition) is 1. The van der Waals surface area contributed by atoms with E-state index in [4.69, 9.17) is 4.74 Å². The van der Waals surface area contributed by atoms with Crippen LogP contribution in [0, 0.1) is 11.7 Å². The summed E-state index contributed by atoms with van der Waals surface area (Å²) in [5, 5.41) is 3.03. The highest BCUT2D eigenvalue weighted by atomic mass is 79.9. The van der Waals surface area contributed by atoms with Gasteiger partial charge >= 0.3 is 0 Å². The Kier molecular flexibility index (Phi) is 6.37. The Balaban J connectivity index is 1.58. The summed E-state index contributed by atoms with van der Waals surface area (Å²) >= 11 is 3.42. The number of nitrogens with zero attached hydrogens (tertiary/aromatic N) is 1. The molecule has 1 amide bonds. The number of rotatable bonds is 6. The van der Waals surface area contributed by atoms with Gasteiger partial charge in [0.2, 0.25) is 0 Å². The number of nitrogens with one attached hydrogen (secondary N) is 1. The van der Waals surface area contributed by atoms with Crippen LogP contribution < -0.4 is 15.0 Å². The van der Waals surface area contributed by atoms with Crippen LogP contribution in [0.15, 0.2) is 46.9 Å². The van der Waals surface area contributed by atoms with Crippen LogP contribution in [0.5, 0.6) is 5.75 Å². The number of anilines is 1. The van der Waals surface area contributed by atoms with Crippen molar-refractivity contribution in [2.24, 2.45) is 5.92 Å². The summed E-state index contributed by atoms with van der Waals surface area (Å²) in [6.45, 7) is 6.23. The highest BCUT2D eigenvalue weighted by Crippen LogP contribution is 2.26. The second kappa shape index (κ2) is 8.74. The van der Waals surface area contributed by atoms with Crippen molar-refractivity contribution in [2.75, 3.05) is 24.5 Å². The van der Waals surface area contributed by atoms with Crippen LogP contribution in [0.25, 0.3) is 0 Å². The topological polar surface area (TPSA) is 41.6 Å². The maximum absolute atomic E-state index is 13.1. The Hall–Kier alpha value is -2.08. The number of ether oxygens (including phenoxy) is 1. The molecule has 1 unspecified atom stereocenters. The van der Waals surface area contributed by atoms with Gasteiger partial charge in [0, 0.05) is 29.8 Å². The minimum Gasteiger partial charge on any atom is -0.490 e. The third-order valence-electron chi connectivity index (χ3n) is 4.58. The van der Waals surface area contributed by atoms with Gasteiger partial charge in [-0.3, -0.25) is 4.79 Å². The first kappa shape index (κ1) is 19.7. The molecule has 1 N–H and O–H groups in total. The average Bonchev–Trinajstić information content (AvgIpc) is 3.09. The highest BCUT2D eigenvalue weighted by molar-refractivity contribution is 9.10. The van der Waals surface area contributed by atoms with Gasteiger partial charge in [-0.25, -0.2) is 4.39 Å². The molecule has 0 aliphatic carbocycles. The molecule has 4 nitrogen and oxygen atoms in total. The summed E-state index contributed by atoms with van der Waals surface area (Å²) in [4.78, 5) is 14.9. The molecule has 1 saturated heterocycles. The average molecular weight is 435 g/mol. The fourth-order valence-electron chi connectivity index (χ4n) is 3.25. The summed E-state index contributed by atoms with van der Waals surface area (Å²) in [7, 11) is 0. The second-order valence-electron chi connectivity index (χ2n) is 7.09. The van der Waals surface area contributed by atoms with Crippen molar-refractivity contribution in [1.29, 1.82) is 0 Å². The van der Waals surface area contributed by atoms with Crippen LogP contribution in [0.2, 0.25) is 0 Å². The molecular weight excluding hydrogens is 411 g/mol. The Bertz CT molecular complexity index is 795. The minimum absolute atomic E-state index is 0.00931. The van der Waals surface area contributed by atoms with Crippen molar-refractivity contribution >= 4 is 27.5 Å². The molecule has 2 aromatic carbocycles. The first-order chi connectivity index (χ1) is 12.9. The largest absolute Gasteiger partial charge is 0.490 e. The molecule has 6 heteroatoms. The van der Waals surface area contributed by atoms with Crippen LogP contribution in [-0.2, 0) is 0 Å². The van der Waals surface area contributed by atoms with Crippen molar-refractivity contribution in [1.82, 2.24) is 5.32 Å². The van der Waals surface area contributed by atoms with Crippen LogP contribution in [0.1, 0.15) is 30.6 Å². The first-order valence-corrected chi connectivity index (χ1v) is 9.96. The van der Waals surface area contributed by atoms with Crippen molar-refractivity contribution in [3.63, 3.8) is 0 Å². The predicted octanol–water partition coefficient (Wildman–Crippen LogP) is 4.63. The van der Waals surface area contributed by atoms with Gasteiger partial charge in [0.25, 0.3) is 5.91 Å². The van der Waals surface area contributed by atoms with Crippen molar-refractivity contribution < 1.29 is 13.9 Å². The number of halogens is 2. The van der Waals surface area contributed by atoms with Crippen LogP contribution in [-0.4, -0.2) is 31.6 Å². The number of carbonyl (C=O) groups excluding carboxylic acids is 1. The third kappa shape index (κ3) is 5.22. The van der Waals surface area contributed by atoms with Crippen LogP contribution in [0.3, 0.4) is 0 Å². The SMILES string of the molecule is CC(C)Oc1cc(Br)ccc1C(=O)NCC1CCN(c2ccc(F)cc2)C1. The van der Waals surface area contributed by atoms with Gasteiger partial charge in [-0.15, -0.1) is 0 Å². The molecule has 144 valence electrons. The lowest BCUT2D eigenvalue weighted by molar-refractivity contribution is 0.0942. The Morgan fingerprint density at radius 3 is 2.74 bits per heavy atom. The molecule has 1 aliphatic heterocycles. The number of carbonyl (C=O) groups is 1. The molecule has 0 bridgehead atoms. The molecule has 0 aromatic heterocycles. The van der Waals surface area contributed by atoms with E-state index < -0.39 is 0 Å². The van der Waals surface area contributed by atoms with E-state index in [-0.39, 0.29) is 17.8 Å². The monoisotopic (exact) mass is 434 g/mol. The van der Waals surface area contributed by atoms with E-state index in [0.29, 0.717) is 23.8 Å². The Labute approximate surface area is 167 Å². The number of amides is 1. The van der Waals surface area contributed by atoms with E-state index >= 15 is 0 Å². The van der Waals surface area contributed by atoms with Gasteiger partial charge in [0.1, 0.15) is 11.6 Å². The van der Waals surface area contributed by atoms with E-state index in [1.54, 1.807) is 18.2 Å². The maximum atomic E-state index is 13.1. The second-order valence-corrected chi connectivity index (χ2v) is 8.01. The number of benzene rings is 2. The normalized spacial score (nSPS) is 16.6. The van der Waals surface area contributed by atoms with Crippen LogP contribution in [0.4, 0.5) is 10.1 Å². The van der Waals surface area contributed by atoms with Gasteiger partial charge in [0.15, 0.2) is 0 Å². The van der Waals surface area contributed by atoms with E-state index in [2.05, 4.69) is 26.1 Å². The predicted molar refractivity (Wildman–Crippen MR) is 109 cm³/mol. The molecule has 0 spiro atoms. The summed E-state index contributed by atoms with van der Waals surface area (Å²) in [6, 6.07) is 12.0. The van der Waals surface area contributed by atoms with Gasteiger partial charge < -0.3 is 15.0 Å². The molecular formula is C21H24BrFN2O2. The molecule has 3 rings (SSSR count). The fraction of sp³-hybridized carbons (Fsp3) is 0.381. The van der Waals surface area contributed by atoms with Gasteiger partial charge in [0.05, 0.1) is 11.7 Å². The fourth-order valence-corrected chi connectivity index (χ4v) is 3.59. The molecule has 1 aliphatic rings. The zero-order valence-corrected chi connectivity index (χ0v) is 17.1. The highest BCUT2D eigenvalue weighted by Gasteiger charge is 2.24. The zero-order chi connectivity index (χ0) is 19.4. The van der Waals surface area contributed by atoms with Crippen LogP contribution >= 0.6 is 15.9 Å². The van der Waals surface area contributed by atoms with Crippen molar-refractivity contribution in [3.8, 4) is 5.75 Å². The molecule has 2 aromatic rings. The Morgan fingerprint density at radius 2 is 2.04 bits per heavy atom. The molecule has 1 fully saturated rings. The molecule has 1 atom stereocenters. The Morgan fingerprint density at radius 1 is 1.30 bits per heavy atom. The lowest BCUT2D eigenvalue weighted by Gasteiger charge is -2.19. The number of hydrogen-bond acceptors (Lipinski definition) is 3. The smallest absolute Gasteiger partial charge is 0.255 e.